The van der Waals surface area contributed by atoms with E-state index in [1.807, 2.05) is 24.3 Å². The smallest absolute Gasteiger partial charge is 0.303 e. The second kappa shape index (κ2) is 9.82. The summed E-state index contributed by atoms with van der Waals surface area (Å²) in [6.45, 7) is 0. The van der Waals surface area contributed by atoms with Gasteiger partial charge in [-0.1, -0.05) is 24.3 Å². The number of methoxy groups -OCH3 is 1. The molecular formula is C22H25N3O6S. The summed E-state index contributed by atoms with van der Waals surface area (Å²) in [5, 5.41) is 14.8. The van der Waals surface area contributed by atoms with Crippen LogP contribution in [0.2, 0.25) is 0 Å². The zero-order chi connectivity index (χ0) is 23.3. The highest BCUT2D eigenvalue weighted by Crippen LogP contribution is 2.34. The maximum atomic E-state index is 12.8. The van der Waals surface area contributed by atoms with Gasteiger partial charge in [0.05, 0.1) is 25.1 Å². The molecule has 1 heterocycles. The van der Waals surface area contributed by atoms with Crippen LogP contribution in [-0.2, 0) is 19.6 Å². The van der Waals surface area contributed by atoms with Gasteiger partial charge in [-0.05, 0) is 41.8 Å². The summed E-state index contributed by atoms with van der Waals surface area (Å²) in [5.74, 6) is -0.503. The van der Waals surface area contributed by atoms with Crippen LogP contribution in [0.3, 0.4) is 0 Å². The van der Waals surface area contributed by atoms with Crippen molar-refractivity contribution in [2.75, 3.05) is 18.1 Å². The van der Waals surface area contributed by atoms with Gasteiger partial charge in [0.15, 0.2) is 0 Å². The van der Waals surface area contributed by atoms with Crippen LogP contribution >= 0.6 is 0 Å². The maximum Gasteiger partial charge on any atom is 0.303 e. The number of hydrazone groups is 1. The summed E-state index contributed by atoms with van der Waals surface area (Å²) in [4.78, 5) is 23.6. The second-order valence-corrected chi connectivity index (χ2v) is 9.23. The Balaban J connectivity index is 1.84. The number of hydrogen-bond acceptors (Lipinski definition) is 6. The Labute approximate surface area is 186 Å². The number of benzene rings is 2. The molecule has 0 fully saturated rings. The second-order valence-electron chi connectivity index (χ2n) is 7.48. The summed E-state index contributed by atoms with van der Waals surface area (Å²) in [5.41, 5.74) is 2.77. The summed E-state index contributed by atoms with van der Waals surface area (Å²) < 4.78 is 30.4. The molecule has 1 amide bonds. The van der Waals surface area contributed by atoms with Gasteiger partial charge in [-0.25, -0.2) is 13.4 Å². The van der Waals surface area contributed by atoms with Gasteiger partial charge in [0.1, 0.15) is 5.75 Å². The fourth-order valence-corrected chi connectivity index (χ4v) is 4.01. The van der Waals surface area contributed by atoms with Gasteiger partial charge in [0.25, 0.3) is 0 Å². The Bertz CT molecular complexity index is 1110. The Kier molecular flexibility index (Phi) is 7.14. The van der Waals surface area contributed by atoms with Gasteiger partial charge in [-0.3, -0.25) is 14.3 Å². The minimum Gasteiger partial charge on any atom is -0.497 e. The molecule has 0 saturated heterocycles. The molecule has 0 radical (unpaired) electrons. The lowest BCUT2D eigenvalue weighted by atomic mass is 9.98. The lowest BCUT2D eigenvalue weighted by Gasteiger charge is -2.22. The van der Waals surface area contributed by atoms with Crippen LogP contribution in [-0.4, -0.2) is 49.5 Å². The third-order valence-electron chi connectivity index (χ3n) is 4.97. The molecule has 3 rings (SSSR count). The number of anilines is 1. The largest absolute Gasteiger partial charge is 0.497 e. The van der Waals surface area contributed by atoms with Crippen molar-refractivity contribution in [1.29, 1.82) is 0 Å². The van der Waals surface area contributed by atoms with Crippen molar-refractivity contribution in [3.8, 4) is 5.75 Å². The van der Waals surface area contributed by atoms with Crippen molar-refractivity contribution in [3.63, 3.8) is 0 Å². The number of carbonyl (C=O) groups excluding carboxylic acids is 1. The van der Waals surface area contributed by atoms with Gasteiger partial charge in [-0.15, -0.1) is 0 Å². The van der Waals surface area contributed by atoms with Crippen LogP contribution in [0.4, 0.5) is 5.69 Å². The average Bonchev–Trinajstić information content (AvgIpc) is 3.18. The van der Waals surface area contributed by atoms with Crippen LogP contribution in [0.15, 0.2) is 53.6 Å². The predicted molar refractivity (Wildman–Crippen MR) is 120 cm³/mol. The minimum absolute atomic E-state index is 0.0763. The maximum absolute atomic E-state index is 12.8. The lowest BCUT2D eigenvalue weighted by Crippen LogP contribution is -2.27. The van der Waals surface area contributed by atoms with E-state index in [1.54, 1.807) is 31.4 Å². The Morgan fingerprint density at radius 3 is 2.34 bits per heavy atom. The van der Waals surface area contributed by atoms with Crippen LogP contribution in [0.1, 0.15) is 42.9 Å². The first-order chi connectivity index (χ1) is 15.2. The van der Waals surface area contributed by atoms with E-state index in [0.29, 0.717) is 23.6 Å². The molecule has 1 aliphatic rings. The zero-order valence-corrected chi connectivity index (χ0v) is 18.6. The number of amides is 1. The number of carboxylic acid groups (broad SMARTS) is 1. The zero-order valence-electron chi connectivity index (χ0n) is 17.8. The number of carboxylic acids is 1. The molecule has 0 spiro atoms. The molecular weight excluding hydrogens is 434 g/mol. The topological polar surface area (TPSA) is 125 Å². The highest BCUT2D eigenvalue weighted by atomic mass is 32.2. The first-order valence-corrected chi connectivity index (χ1v) is 11.9. The SMILES string of the molecule is COc1ccc(C2CC(c3ccc(NS(C)(=O)=O)cc3)=NN2C(=O)CCCC(=O)O)cc1. The highest BCUT2D eigenvalue weighted by molar-refractivity contribution is 7.92. The molecule has 2 aromatic rings. The predicted octanol–water partition coefficient (Wildman–Crippen LogP) is 3.00. The van der Waals surface area contributed by atoms with Gasteiger partial charge >= 0.3 is 5.97 Å². The lowest BCUT2D eigenvalue weighted by molar-refractivity contribution is -0.137. The fraction of sp³-hybridized carbons (Fsp3) is 0.318. The van der Waals surface area contributed by atoms with E-state index in [0.717, 1.165) is 17.4 Å². The first kappa shape index (κ1) is 23.3. The fourth-order valence-electron chi connectivity index (χ4n) is 3.45. The third-order valence-corrected chi connectivity index (χ3v) is 5.58. The van der Waals surface area contributed by atoms with Crippen molar-refractivity contribution in [1.82, 2.24) is 5.01 Å². The number of carbonyl (C=O) groups is 2. The summed E-state index contributed by atoms with van der Waals surface area (Å²) in [6, 6.07) is 13.8. The van der Waals surface area contributed by atoms with Gasteiger partial charge in [0, 0.05) is 24.9 Å². The Morgan fingerprint density at radius 1 is 1.12 bits per heavy atom. The van der Waals surface area contributed by atoms with Crippen molar-refractivity contribution < 1.29 is 27.9 Å². The molecule has 32 heavy (non-hydrogen) atoms. The number of nitrogens with zero attached hydrogens (tertiary/aromatic N) is 2. The van der Waals surface area contributed by atoms with Crippen molar-refractivity contribution >= 4 is 33.3 Å². The number of nitrogens with one attached hydrogen (secondary N) is 1. The quantitative estimate of drug-likeness (QED) is 0.594. The Hall–Kier alpha value is -3.40. The van der Waals surface area contributed by atoms with E-state index in [9.17, 15) is 18.0 Å². The molecule has 0 saturated carbocycles. The third kappa shape index (κ3) is 6.07. The molecule has 9 nitrogen and oxygen atoms in total. The van der Waals surface area contributed by atoms with Gasteiger partial charge < -0.3 is 9.84 Å². The van der Waals surface area contributed by atoms with Crippen LogP contribution in [0.25, 0.3) is 0 Å². The minimum atomic E-state index is -3.38. The van der Waals surface area contributed by atoms with Crippen molar-refractivity contribution in [3.05, 3.63) is 59.7 Å². The number of ether oxygens (including phenoxy) is 1. The standard InChI is InChI=1S/C22H25N3O6S/c1-31-18-12-8-16(9-13-18)20-14-19(23-25(20)21(26)4-3-5-22(27)28)15-6-10-17(11-7-15)24-32(2,29)30/h6-13,20,24H,3-5,14H2,1-2H3,(H,27,28). The van der Waals surface area contributed by atoms with Crippen LogP contribution < -0.4 is 9.46 Å². The van der Waals surface area contributed by atoms with Gasteiger partial charge in [-0.2, -0.15) is 5.10 Å². The molecule has 2 aromatic carbocycles. The van der Waals surface area contributed by atoms with Crippen molar-refractivity contribution in [2.24, 2.45) is 5.10 Å². The summed E-state index contributed by atoms with van der Waals surface area (Å²) in [6.07, 6.45) is 1.77. The number of rotatable bonds is 9. The molecule has 1 atom stereocenters. The molecule has 0 aromatic heterocycles. The number of hydrogen-bond donors (Lipinski definition) is 2. The van der Waals surface area contributed by atoms with E-state index in [2.05, 4.69) is 9.82 Å². The van der Waals surface area contributed by atoms with Gasteiger partial charge in [0.2, 0.25) is 15.9 Å². The summed E-state index contributed by atoms with van der Waals surface area (Å²) >= 11 is 0. The monoisotopic (exact) mass is 459 g/mol. The highest BCUT2D eigenvalue weighted by Gasteiger charge is 2.32. The Morgan fingerprint density at radius 2 is 1.78 bits per heavy atom. The summed E-state index contributed by atoms with van der Waals surface area (Å²) in [7, 11) is -1.80. The van der Waals surface area contributed by atoms with Crippen LogP contribution in [0, 0.1) is 0 Å². The molecule has 10 heteroatoms. The van der Waals surface area contributed by atoms with Crippen LogP contribution in [0.5, 0.6) is 5.75 Å². The van der Waals surface area contributed by atoms with E-state index in [4.69, 9.17) is 9.84 Å². The van der Waals surface area contributed by atoms with E-state index in [1.165, 1.54) is 5.01 Å². The number of sulfonamides is 1. The molecule has 170 valence electrons. The molecule has 1 unspecified atom stereocenters. The molecule has 0 bridgehead atoms. The molecule has 2 N–H and O–H groups in total. The van der Waals surface area contributed by atoms with E-state index >= 15 is 0 Å². The van der Waals surface area contributed by atoms with E-state index < -0.39 is 16.0 Å². The van der Waals surface area contributed by atoms with Crippen molar-refractivity contribution in [2.45, 2.75) is 31.7 Å². The average molecular weight is 460 g/mol. The van der Waals surface area contributed by atoms with E-state index in [-0.39, 0.29) is 31.2 Å². The first-order valence-electron chi connectivity index (χ1n) is 10.00. The normalized spacial score (nSPS) is 15.9. The molecule has 1 aliphatic heterocycles. The molecule has 0 aliphatic carbocycles. The number of aliphatic carboxylic acids is 1.